The maximum atomic E-state index is 13.3. The van der Waals surface area contributed by atoms with Gasteiger partial charge in [-0.15, -0.1) is 0 Å². The number of amides is 2. The van der Waals surface area contributed by atoms with Gasteiger partial charge in [-0.3, -0.25) is 14.3 Å². The highest BCUT2D eigenvalue weighted by molar-refractivity contribution is 9.10. The van der Waals surface area contributed by atoms with Crippen molar-refractivity contribution >= 4 is 33.6 Å². The van der Waals surface area contributed by atoms with E-state index in [1.807, 2.05) is 0 Å². The van der Waals surface area contributed by atoms with Gasteiger partial charge in [-0.1, -0.05) is 0 Å². The van der Waals surface area contributed by atoms with Gasteiger partial charge in [0.2, 0.25) is 5.91 Å². The molecule has 0 bridgehead atoms. The molecule has 1 aromatic carbocycles. The summed E-state index contributed by atoms with van der Waals surface area (Å²) in [5, 5.41) is 6.75. The fourth-order valence-electron chi connectivity index (χ4n) is 2.42. The largest absolute Gasteiger partial charge is 0.378 e. The zero-order valence-corrected chi connectivity index (χ0v) is 14.8. The van der Waals surface area contributed by atoms with E-state index in [1.165, 1.54) is 16.8 Å². The van der Waals surface area contributed by atoms with E-state index in [0.717, 1.165) is 6.07 Å². The Morgan fingerprint density at radius 1 is 1.28 bits per heavy atom. The number of carbonyl (C=O) groups is 2. The van der Waals surface area contributed by atoms with Gasteiger partial charge in [-0.05, 0) is 34.1 Å². The molecule has 1 fully saturated rings. The van der Waals surface area contributed by atoms with Crippen LogP contribution in [-0.4, -0.2) is 52.8 Å². The van der Waals surface area contributed by atoms with Crippen LogP contribution in [-0.2, 0) is 16.1 Å². The number of nitrogens with one attached hydrogen (secondary N) is 1. The lowest BCUT2D eigenvalue weighted by molar-refractivity contribution is -0.136. The Balaban J connectivity index is 1.62. The standard InChI is InChI=1S/C16H16BrFN4O3/c17-13-2-1-11(18)9-12(13)16(24)19-14-3-4-22(20-14)10-15(23)21-5-7-25-8-6-21/h1-4,9H,5-8,10H2,(H,19,20,24). The number of ether oxygens (including phenoxy) is 1. The van der Waals surface area contributed by atoms with E-state index in [1.54, 1.807) is 17.2 Å². The zero-order chi connectivity index (χ0) is 17.8. The van der Waals surface area contributed by atoms with E-state index in [2.05, 4.69) is 26.3 Å². The molecule has 0 spiro atoms. The minimum Gasteiger partial charge on any atom is -0.378 e. The molecule has 25 heavy (non-hydrogen) atoms. The average Bonchev–Trinajstić information content (AvgIpc) is 3.04. The van der Waals surface area contributed by atoms with Crippen molar-refractivity contribution in [2.45, 2.75) is 6.54 Å². The molecule has 0 aliphatic carbocycles. The Morgan fingerprint density at radius 2 is 2.04 bits per heavy atom. The highest BCUT2D eigenvalue weighted by atomic mass is 79.9. The highest BCUT2D eigenvalue weighted by Gasteiger charge is 2.18. The lowest BCUT2D eigenvalue weighted by atomic mass is 10.2. The number of nitrogens with zero attached hydrogens (tertiary/aromatic N) is 3. The van der Waals surface area contributed by atoms with Crippen LogP contribution in [0.5, 0.6) is 0 Å². The maximum Gasteiger partial charge on any atom is 0.258 e. The van der Waals surface area contributed by atoms with Crippen LogP contribution in [0, 0.1) is 5.82 Å². The molecule has 2 aromatic rings. The number of halogens is 2. The molecule has 1 saturated heterocycles. The van der Waals surface area contributed by atoms with Crippen molar-refractivity contribution in [3.8, 4) is 0 Å². The van der Waals surface area contributed by atoms with Gasteiger partial charge in [0.25, 0.3) is 5.91 Å². The van der Waals surface area contributed by atoms with Gasteiger partial charge < -0.3 is 15.0 Å². The number of anilines is 1. The second kappa shape index (κ2) is 7.75. The summed E-state index contributed by atoms with van der Waals surface area (Å²) in [6.07, 6.45) is 1.61. The van der Waals surface area contributed by atoms with Crippen molar-refractivity contribution in [1.29, 1.82) is 0 Å². The van der Waals surface area contributed by atoms with E-state index >= 15 is 0 Å². The molecule has 1 aliphatic heterocycles. The number of hydrogen-bond donors (Lipinski definition) is 1. The van der Waals surface area contributed by atoms with Gasteiger partial charge in [0, 0.05) is 29.8 Å². The van der Waals surface area contributed by atoms with Crippen LogP contribution in [0.15, 0.2) is 34.9 Å². The summed E-state index contributed by atoms with van der Waals surface area (Å²) in [4.78, 5) is 26.1. The van der Waals surface area contributed by atoms with E-state index in [4.69, 9.17) is 4.74 Å². The fraction of sp³-hybridized carbons (Fsp3) is 0.312. The van der Waals surface area contributed by atoms with E-state index in [0.29, 0.717) is 30.8 Å². The lowest BCUT2D eigenvalue weighted by Crippen LogP contribution is -2.42. The Labute approximate surface area is 151 Å². The molecule has 1 N–H and O–H groups in total. The van der Waals surface area contributed by atoms with Gasteiger partial charge in [0.05, 0.1) is 18.8 Å². The van der Waals surface area contributed by atoms with Gasteiger partial charge >= 0.3 is 0 Å². The summed E-state index contributed by atoms with van der Waals surface area (Å²) in [6, 6.07) is 5.44. The van der Waals surface area contributed by atoms with Gasteiger partial charge in [0.15, 0.2) is 5.82 Å². The van der Waals surface area contributed by atoms with Crippen LogP contribution in [0.3, 0.4) is 0 Å². The lowest BCUT2D eigenvalue weighted by Gasteiger charge is -2.26. The average molecular weight is 411 g/mol. The number of aromatic nitrogens is 2. The molecule has 0 saturated carbocycles. The van der Waals surface area contributed by atoms with Crippen molar-refractivity contribution in [2.75, 3.05) is 31.6 Å². The van der Waals surface area contributed by atoms with Crippen molar-refractivity contribution < 1.29 is 18.7 Å². The summed E-state index contributed by atoms with van der Waals surface area (Å²) in [5.41, 5.74) is 0.166. The quantitative estimate of drug-likeness (QED) is 0.834. The second-order valence-corrected chi connectivity index (χ2v) is 6.32. The maximum absolute atomic E-state index is 13.3. The zero-order valence-electron chi connectivity index (χ0n) is 13.2. The molecule has 2 heterocycles. The van der Waals surface area contributed by atoms with Crippen molar-refractivity contribution in [1.82, 2.24) is 14.7 Å². The number of morpholine rings is 1. The smallest absolute Gasteiger partial charge is 0.258 e. The molecule has 0 atom stereocenters. The fourth-order valence-corrected chi connectivity index (χ4v) is 2.85. The second-order valence-electron chi connectivity index (χ2n) is 5.47. The molecule has 1 aliphatic rings. The summed E-state index contributed by atoms with van der Waals surface area (Å²) in [7, 11) is 0. The first-order valence-corrected chi connectivity index (χ1v) is 8.47. The van der Waals surface area contributed by atoms with Crippen LogP contribution < -0.4 is 5.32 Å². The summed E-state index contributed by atoms with van der Waals surface area (Å²) in [6.45, 7) is 2.29. The van der Waals surface area contributed by atoms with Crippen LogP contribution in [0.1, 0.15) is 10.4 Å². The topological polar surface area (TPSA) is 76.5 Å². The van der Waals surface area contributed by atoms with Gasteiger partial charge in [-0.2, -0.15) is 5.10 Å². The molecule has 3 rings (SSSR count). The first-order chi connectivity index (χ1) is 12.0. The third kappa shape index (κ3) is 4.43. The summed E-state index contributed by atoms with van der Waals surface area (Å²) < 4.78 is 20.4. The predicted octanol–water partition coefficient (Wildman–Crippen LogP) is 1.90. The van der Waals surface area contributed by atoms with Gasteiger partial charge in [0.1, 0.15) is 12.4 Å². The van der Waals surface area contributed by atoms with Crippen molar-refractivity contribution in [3.05, 3.63) is 46.3 Å². The molecule has 2 amide bonds. The number of carbonyl (C=O) groups excluding carboxylic acids is 2. The van der Waals surface area contributed by atoms with Gasteiger partial charge in [-0.25, -0.2) is 4.39 Å². The minimum atomic E-state index is -0.505. The molecular formula is C16H16BrFN4O3. The number of hydrogen-bond acceptors (Lipinski definition) is 4. The Hall–Kier alpha value is -2.26. The summed E-state index contributed by atoms with van der Waals surface area (Å²) >= 11 is 3.21. The first-order valence-electron chi connectivity index (χ1n) is 7.68. The third-order valence-corrected chi connectivity index (χ3v) is 4.41. The SMILES string of the molecule is O=C(Nc1ccn(CC(=O)N2CCOCC2)n1)c1cc(F)ccc1Br. The third-order valence-electron chi connectivity index (χ3n) is 3.72. The molecule has 132 valence electrons. The summed E-state index contributed by atoms with van der Waals surface area (Å²) in [5.74, 6) is -0.765. The molecule has 0 unspecified atom stereocenters. The van der Waals surface area contributed by atoms with E-state index in [9.17, 15) is 14.0 Å². The van der Waals surface area contributed by atoms with Crippen LogP contribution >= 0.6 is 15.9 Å². The Kier molecular flexibility index (Phi) is 5.44. The number of rotatable bonds is 4. The number of benzene rings is 1. The van der Waals surface area contributed by atoms with Crippen LogP contribution in [0.4, 0.5) is 10.2 Å². The van der Waals surface area contributed by atoms with E-state index in [-0.39, 0.29) is 23.8 Å². The molecule has 1 aromatic heterocycles. The molecule has 0 radical (unpaired) electrons. The van der Waals surface area contributed by atoms with Crippen LogP contribution in [0.25, 0.3) is 0 Å². The minimum absolute atomic E-state index is 0.0582. The monoisotopic (exact) mass is 410 g/mol. The molecule has 9 heteroatoms. The normalized spacial score (nSPS) is 14.4. The molecular weight excluding hydrogens is 395 g/mol. The van der Waals surface area contributed by atoms with Crippen molar-refractivity contribution in [2.24, 2.45) is 0 Å². The van der Waals surface area contributed by atoms with E-state index < -0.39 is 11.7 Å². The Morgan fingerprint density at radius 3 is 2.80 bits per heavy atom. The Bertz CT molecular complexity index is 789. The predicted molar refractivity (Wildman–Crippen MR) is 91.7 cm³/mol. The molecule has 7 nitrogen and oxygen atoms in total. The highest BCUT2D eigenvalue weighted by Crippen LogP contribution is 2.19. The van der Waals surface area contributed by atoms with Crippen LogP contribution in [0.2, 0.25) is 0 Å². The van der Waals surface area contributed by atoms with Crippen molar-refractivity contribution in [3.63, 3.8) is 0 Å². The first kappa shape index (κ1) is 17.6.